The quantitative estimate of drug-likeness (QED) is 0.217. The van der Waals surface area contributed by atoms with Gasteiger partial charge in [-0.2, -0.15) is 4.98 Å². The number of carbonyl (C=O) groups is 1. The van der Waals surface area contributed by atoms with Crippen molar-refractivity contribution in [1.29, 1.82) is 0 Å². The summed E-state index contributed by atoms with van der Waals surface area (Å²) in [7, 11) is 1.72. The molecule has 26 heavy (non-hydrogen) atoms. The van der Waals surface area contributed by atoms with Gasteiger partial charge in [0.25, 0.3) is 5.56 Å². The Balaban J connectivity index is -0.000000151. The zero-order valence-electron chi connectivity index (χ0n) is 13.1. The van der Waals surface area contributed by atoms with Crippen LogP contribution in [0.3, 0.4) is 0 Å². The van der Waals surface area contributed by atoms with Gasteiger partial charge in [-0.25, -0.2) is 4.98 Å². The number of carboxylic acid groups (broad SMARTS) is 1. The minimum atomic E-state index is -1.43. The molecule has 1 radical (unpaired) electrons. The van der Waals surface area contributed by atoms with E-state index in [1.807, 2.05) is 0 Å². The second-order valence-corrected chi connectivity index (χ2v) is 3.59. The normalized spacial score (nSPS) is 8.81. The molecule has 2 aromatic heterocycles. The average Bonchev–Trinajstić information content (AvgIpc) is 3.01. The molecule has 141 valence electrons. The van der Waals surface area contributed by atoms with Crippen LogP contribution >= 0.6 is 0 Å². The minimum absolute atomic E-state index is 0. The van der Waals surface area contributed by atoms with Crippen molar-refractivity contribution < 1.29 is 49.4 Å². The molecule has 0 amide bonds. The van der Waals surface area contributed by atoms with Crippen molar-refractivity contribution in [2.24, 2.45) is 12.8 Å². The summed E-state index contributed by atoms with van der Waals surface area (Å²) in [6.07, 6.45) is 1.52. The number of nitrogens with one attached hydrogen (secondary N) is 1. The van der Waals surface area contributed by atoms with Crippen LogP contribution in [0.15, 0.2) is 11.1 Å². The SMILES string of the molecule is Cn1cnc2nc(N)[nH]c(=O)c21.N[C@H](CO)C(=O)[O-].[C-]#[O+].[C-]#[O+].[C-]#[O+].[Re]. The Hall–Kier alpha value is -2.58. The molecule has 2 rings (SSSR count). The predicted molar refractivity (Wildman–Crippen MR) is 75.4 cm³/mol. The van der Waals surface area contributed by atoms with Crippen LogP contribution in [-0.2, 0) is 46.2 Å². The van der Waals surface area contributed by atoms with E-state index in [-0.39, 0.29) is 31.9 Å². The molecule has 6 N–H and O–H groups in total. The molecule has 0 aliphatic heterocycles. The number of aromatic nitrogens is 4. The number of fused-ring (bicyclic) bond motifs is 1. The van der Waals surface area contributed by atoms with Crippen LogP contribution in [0.5, 0.6) is 0 Å². The number of nitrogen functional groups attached to an aromatic ring is 1. The van der Waals surface area contributed by atoms with Crippen molar-refractivity contribution in [3.63, 3.8) is 0 Å². The van der Waals surface area contributed by atoms with E-state index in [4.69, 9.17) is 30.5 Å². The Morgan fingerprint density at radius 3 is 2.19 bits per heavy atom. The van der Waals surface area contributed by atoms with Crippen LogP contribution in [0.4, 0.5) is 5.95 Å². The van der Waals surface area contributed by atoms with Crippen molar-refractivity contribution in [2.75, 3.05) is 12.3 Å². The number of aliphatic hydroxyl groups excluding tert-OH is 1. The molecule has 0 aliphatic rings. The van der Waals surface area contributed by atoms with Gasteiger partial charge in [0.15, 0.2) is 11.2 Å². The van der Waals surface area contributed by atoms with E-state index in [0.717, 1.165) is 0 Å². The van der Waals surface area contributed by atoms with Crippen LogP contribution in [0.2, 0.25) is 0 Å². The first-order valence-corrected chi connectivity index (χ1v) is 5.72. The number of hydrogen-bond acceptors (Lipinski definition) is 8. The van der Waals surface area contributed by atoms with Crippen LogP contribution in [-0.4, -0.2) is 43.2 Å². The van der Waals surface area contributed by atoms with E-state index in [1.165, 1.54) is 6.33 Å². The van der Waals surface area contributed by atoms with Crippen LogP contribution in [0.25, 0.3) is 11.2 Å². The number of nitrogens with zero attached hydrogens (tertiary/aromatic N) is 3. The number of anilines is 1. The average molecular weight is 539 g/mol. The maximum atomic E-state index is 11.2. The molecule has 0 unspecified atom stereocenters. The van der Waals surface area contributed by atoms with Gasteiger partial charge >= 0.3 is 33.9 Å². The van der Waals surface area contributed by atoms with Gasteiger partial charge < -0.3 is 31.0 Å². The molecular formula is C12H13N6O7Re-. The molecule has 0 aliphatic carbocycles. The fraction of sp³-hybridized carbons (Fsp3) is 0.250. The van der Waals surface area contributed by atoms with Crippen molar-refractivity contribution in [3.05, 3.63) is 36.6 Å². The number of hydrogen-bond donors (Lipinski definition) is 4. The van der Waals surface area contributed by atoms with Gasteiger partial charge in [-0.15, -0.1) is 0 Å². The zero-order valence-corrected chi connectivity index (χ0v) is 15.8. The molecule has 0 spiro atoms. The van der Waals surface area contributed by atoms with E-state index in [9.17, 15) is 14.7 Å². The number of carboxylic acids is 1. The topological polar surface area (TPSA) is 236 Å². The number of aromatic amines is 1. The number of imidazole rings is 1. The number of aryl methyl sites for hydroxylation is 1. The molecule has 2 aromatic rings. The molecule has 2 heterocycles. The monoisotopic (exact) mass is 540 g/mol. The Morgan fingerprint density at radius 1 is 1.38 bits per heavy atom. The summed E-state index contributed by atoms with van der Waals surface area (Å²) in [4.78, 5) is 30.9. The first-order chi connectivity index (χ1) is 11.9. The van der Waals surface area contributed by atoms with Crippen LogP contribution < -0.4 is 22.1 Å². The molecule has 0 bridgehead atoms. The van der Waals surface area contributed by atoms with Gasteiger partial charge in [-0.05, 0) is 0 Å². The van der Waals surface area contributed by atoms with Crippen LogP contribution in [0.1, 0.15) is 0 Å². The second kappa shape index (κ2) is 18.8. The van der Waals surface area contributed by atoms with Crippen LogP contribution in [0, 0.1) is 20.0 Å². The van der Waals surface area contributed by atoms with Gasteiger partial charge in [-0.3, -0.25) is 9.78 Å². The number of H-pyrrole nitrogens is 1. The maximum absolute atomic E-state index is 11.2. The van der Waals surface area contributed by atoms with Gasteiger partial charge in [0, 0.05) is 27.5 Å². The number of aliphatic hydroxyl groups is 1. The second-order valence-electron chi connectivity index (χ2n) is 3.59. The van der Waals surface area contributed by atoms with Gasteiger partial charge in [0.2, 0.25) is 5.95 Å². The van der Waals surface area contributed by atoms with Gasteiger partial charge in [-0.1, -0.05) is 0 Å². The number of nitrogens with two attached hydrogens (primary N) is 2. The number of aliphatic carboxylic acids is 1. The summed E-state index contributed by atoms with van der Waals surface area (Å²) in [5, 5.41) is 17.5. The third kappa shape index (κ3) is 11.1. The molecule has 14 heteroatoms. The number of rotatable bonds is 2. The Kier molecular flexibility index (Phi) is 22.5. The van der Waals surface area contributed by atoms with Gasteiger partial charge in [0.05, 0.1) is 24.9 Å². The maximum Gasteiger partial charge on any atom is 0 e. The van der Waals surface area contributed by atoms with Gasteiger partial charge in [0.1, 0.15) is 0 Å². The summed E-state index contributed by atoms with van der Waals surface area (Å²) in [6.45, 7) is 12.9. The van der Waals surface area contributed by atoms with E-state index in [1.54, 1.807) is 11.6 Å². The van der Waals surface area contributed by atoms with Crippen molar-refractivity contribution >= 4 is 23.1 Å². The first-order valence-electron chi connectivity index (χ1n) is 5.72. The molecule has 13 nitrogen and oxygen atoms in total. The number of carbonyl (C=O) groups excluding carboxylic acids is 1. The summed E-state index contributed by atoms with van der Waals surface area (Å²) in [6, 6.07) is -1.24. The molecule has 1 atom stereocenters. The van der Waals surface area contributed by atoms with E-state index in [0.29, 0.717) is 11.2 Å². The molecular weight excluding hydrogens is 526 g/mol. The molecule has 0 fully saturated rings. The van der Waals surface area contributed by atoms with Crippen molar-refractivity contribution in [3.8, 4) is 0 Å². The largest absolute Gasteiger partial charge is 0 e. The van der Waals surface area contributed by atoms with Crippen molar-refractivity contribution in [2.45, 2.75) is 6.04 Å². The molecule has 0 aromatic carbocycles. The third-order valence-corrected chi connectivity index (χ3v) is 2.10. The fourth-order valence-corrected chi connectivity index (χ4v) is 1.15. The predicted octanol–water partition coefficient (Wildman–Crippen LogP) is -3.82. The van der Waals surface area contributed by atoms with E-state index >= 15 is 0 Å². The van der Waals surface area contributed by atoms with E-state index in [2.05, 4.69) is 34.9 Å². The first kappa shape index (κ1) is 31.2. The minimum Gasteiger partial charge on any atom is 0 e. The Bertz CT molecular complexity index is 752. The van der Waals surface area contributed by atoms with E-state index < -0.39 is 18.6 Å². The summed E-state index contributed by atoms with van der Waals surface area (Å²) in [5.41, 5.74) is 10.6. The van der Waals surface area contributed by atoms with Crippen molar-refractivity contribution in [1.82, 2.24) is 19.5 Å². The molecule has 0 saturated carbocycles. The zero-order chi connectivity index (χ0) is 20.6. The Morgan fingerprint density at radius 2 is 1.85 bits per heavy atom. The smallest absolute Gasteiger partial charge is 0 e. The fourth-order valence-electron chi connectivity index (χ4n) is 1.15. The Labute approximate surface area is 160 Å². The third-order valence-electron chi connectivity index (χ3n) is 2.10. The summed E-state index contributed by atoms with van der Waals surface area (Å²) in [5.74, 6) is -1.34. The standard InChI is InChI=1S/C6H7N5O.C3H7NO3.3CO.Re/c1-11-2-8-4-3(11)5(12)10-6(7)9-4;4-2(1-5)3(6)7;3*1-2;/h2H,1H3,(H3,7,9,10,12);2,5H,1,4H2,(H,6,7);;;;/p-1/t;2-;;;;/m.1..../s1. The molecule has 0 saturated heterocycles. The summed E-state index contributed by atoms with van der Waals surface area (Å²) < 4.78 is 24.1. The summed E-state index contributed by atoms with van der Waals surface area (Å²) >= 11 is 0.